The van der Waals surface area contributed by atoms with Gasteiger partial charge in [0.2, 0.25) is 0 Å². The zero-order valence-electron chi connectivity index (χ0n) is 13.9. The van der Waals surface area contributed by atoms with Crippen LogP contribution in [0, 0.1) is 6.92 Å². The lowest BCUT2D eigenvalue weighted by Crippen LogP contribution is -2.01. The van der Waals surface area contributed by atoms with E-state index in [2.05, 4.69) is 63.5 Å². The molecular formula is C21H18ClN3. The standard InChI is InChI=1S/C21H18ClN3/c1-16-18(14-24-12-11-23-15-24)13-21(17-7-9-19(22)10-8-17)25(16)20-5-3-2-4-6-20/h2-13,15H,14H2,1H3. The lowest BCUT2D eigenvalue weighted by atomic mass is 10.1. The number of imidazole rings is 1. The molecule has 0 unspecified atom stereocenters. The number of aromatic nitrogens is 3. The van der Waals surface area contributed by atoms with E-state index in [-0.39, 0.29) is 0 Å². The van der Waals surface area contributed by atoms with Crippen LogP contribution < -0.4 is 0 Å². The number of hydrogen-bond acceptors (Lipinski definition) is 1. The molecule has 4 heteroatoms. The maximum Gasteiger partial charge on any atom is 0.0949 e. The summed E-state index contributed by atoms with van der Waals surface area (Å²) in [5, 5.41) is 0.747. The third-order valence-corrected chi connectivity index (χ3v) is 4.67. The average molecular weight is 348 g/mol. The summed E-state index contributed by atoms with van der Waals surface area (Å²) in [6.45, 7) is 2.96. The first-order valence-electron chi connectivity index (χ1n) is 8.21. The van der Waals surface area contributed by atoms with Crippen molar-refractivity contribution in [1.82, 2.24) is 14.1 Å². The van der Waals surface area contributed by atoms with Gasteiger partial charge in [-0.05, 0) is 48.4 Å². The first-order chi connectivity index (χ1) is 12.2. The highest BCUT2D eigenvalue weighted by atomic mass is 35.5. The van der Waals surface area contributed by atoms with Crippen molar-refractivity contribution in [2.75, 3.05) is 0 Å². The van der Waals surface area contributed by atoms with Crippen molar-refractivity contribution in [2.24, 2.45) is 0 Å². The Balaban J connectivity index is 1.87. The van der Waals surface area contributed by atoms with E-state index in [0.29, 0.717) is 0 Å². The Hall–Kier alpha value is -2.78. The second-order valence-electron chi connectivity index (χ2n) is 6.05. The lowest BCUT2D eigenvalue weighted by molar-refractivity contribution is 0.788. The Morgan fingerprint density at radius 3 is 2.44 bits per heavy atom. The molecule has 2 aromatic carbocycles. The van der Waals surface area contributed by atoms with E-state index in [0.717, 1.165) is 28.5 Å². The van der Waals surface area contributed by atoms with Gasteiger partial charge < -0.3 is 9.13 Å². The van der Waals surface area contributed by atoms with Gasteiger partial charge in [0, 0.05) is 28.8 Å². The molecule has 4 aromatic rings. The molecule has 124 valence electrons. The third-order valence-electron chi connectivity index (χ3n) is 4.42. The number of para-hydroxylation sites is 1. The Bertz CT molecular complexity index is 968. The minimum absolute atomic E-state index is 0.747. The molecular weight excluding hydrogens is 330 g/mol. The van der Waals surface area contributed by atoms with E-state index < -0.39 is 0 Å². The van der Waals surface area contributed by atoms with Gasteiger partial charge in [0.25, 0.3) is 0 Å². The summed E-state index contributed by atoms with van der Waals surface area (Å²) in [6.07, 6.45) is 5.64. The molecule has 0 fully saturated rings. The molecule has 0 aliphatic rings. The number of halogens is 1. The van der Waals surface area contributed by atoms with Crippen LogP contribution in [0.2, 0.25) is 5.02 Å². The maximum atomic E-state index is 6.07. The molecule has 0 aliphatic heterocycles. The SMILES string of the molecule is Cc1c(Cn2ccnc2)cc(-c2ccc(Cl)cc2)n1-c1ccccc1. The quantitative estimate of drug-likeness (QED) is 0.488. The van der Waals surface area contributed by atoms with Gasteiger partial charge in [0.1, 0.15) is 0 Å². The molecule has 0 atom stereocenters. The highest BCUT2D eigenvalue weighted by Gasteiger charge is 2.15. The molecule has 0 saturated carbocycles. The van der Waals surface area contributed by atoms with Crippen LogP contribution >= 0.6 is 11.6 Å². The molecule has 0 bridgehead atoms. The molecule has 0 saturated heterocycles. The van der Waals surface area contributed by atoms with Crippen LogP contribution in [0.15, 0.2) is 79.4 Å². The zero-order chi connectivity index (χ0) is 17.2. The van der Waals surface area contributed by atoms with Crippen LogP contribution in [0.25, 0.3) is 16.9 Å². The van der Waals surface area contributed by atoms with Gasteiger partial charge >= 0.3 is 0 Å². The molecule has 4 rings (SSSR count). The van der Waals surface area contributed by atoms with Gasteiger partial charge in [-0.3, -0.25) is 0 Å². The molecule has 0 spiro atoms. The van der Waals surface area contributed by atoms with E-state index in [4.69, 9.17) is 11.6 Å². The van der Waals surface area contributed by atoms with Crippen LogP contribution in [0.5, 0.6) is 0 Å². The van der Waals surface area contributed by atoms with E-state index in [1.165, 1.54) is 11.3 Å². The Morgan fingerprint density at radius 1 is 1.00 bits per heavy atom. The van der Waals surface area contributed by atoms with Crippen molar-refractivity contribution in [3.8, 4) is 16.9 Å². The van der Waals surface area contributed by atoms with Gasteiger partial charge in [-0.25, -0.2) is 4.98 Å². The van der Waals surface area contributed by atoms with Gasteiger partial charge in [-0.1, -0.05) is 41.9 Å². The predicted octanol–water partition coefficient (Wildman–Crippen LogP) is 5.35. The summed E-state index contributed by atoms with van der Waals surface area (Å²) in [5.41, 5.74) is 5.96. The molecule has 0 radical (unpaired) electrons. The molecule has 2 heterocycles. The normalized spacial score (nSPS) is 11.0. The summed E-state index contributed by atoms with van der Waals surface area (Å²) < 4.78 is 4.39. The van der Waals surface area contributed by atoms with Gasteiger partial charge in [-0.2, -0.15) is 0 Å². The lowest BCUT2D eigenvalue weighted by Gasteiger charge is -2.12. The van der Waals surface area contributed by atoms with E-state index in [1.807, 2.05) is 36.9 Å². The van der Waals surface area contributed by atoms with E-state index >= 15 is 0 Å². The van der Waals surface area contributed by atoms with Crippen LogP contribution in [-0.4, -0.2) is 14.1 Å². The number of benzene rings is 2. The molecule has 2 aromatic heterocycles. The number of nitrogens with zero attached hydrogens (tertiary/aromatic N) is 3. The average Bonchev–Trinajstić information content (AvgIpc) is 3.25. The fourth-order valence-electron chi connectivity index (χ4n) is 3.14. The van der Waals surface area contributed by atoms with Crippen molar-refractivity contribution in [1.29, 1.82) is 0 Å². The number of rotatable bonds is 4. The van der Waals surface area contributed by atoms with Crippen LogP contribution in [0.4, 0.5) is 0 Å². The Labute approximate surface area is 152 Å². The van der Waals surface area contributed by atoms with Crippen LogP contribution in [-0.2, 0) is 6.54 Å². The van der Waals surface area contributed by atoms with E-state index in [1.54, 1.807) is 0 Å². The van der Waals surface area contributed by atoms with E-state index in [9.17, 15) is 0 Å². The minimum Gasteiger partial charge on any atom is -0.333 e. The second-order valence-corrected chi connectivity index (χ2v) is 6.49. The molecule has 0 aliphatic carbocycles. The van der Waals surface area contributed by atoms with Crippen molar-refractivity contribution in [3.63, 3.8) is 0 Å². The fourth-order valence-corrected chi connectivity index (χ4v) is 3.26. The zero-order valence-corrected chi connectivity index (χ0v) is 14.7. The third kappa shape index (κ3) is 3.11. The largest absolute Gasteiger partial charge is 0.333 e. The first kappa shape index (κ1) is 15.7. The number of hydrogen-bond donors (Lipinski definition) is 0. The molecule has 3 nitrogen and oxygen atoms in total. The molecule has 0 N–H and O–H groups in total. The minimum atomic E-state index is 0.747. The maximum absolute atomic E-state index is 6.07. The fraction of sp³-hybridized carbons (Fsp3) is 0.0952. The predicted molar refractivity (Wildman–Crippen MR) is 102 cm³/mol. The molecule has 0 amide bonds. The van der Waals surface area contributed by atoms with Gasteiger partial charge in [0.05, 0.1) is 18.6 Å². The molecule has 25 heavy (non-hydrogen) atoms. The Morgan fingerprint density at radius 2 is 1.76 bits per heavy atom. The topological polar surface area (TPSA) is 22.8 Å². The Kier molecular flexibility index (Phi) is 4.16. The highest BCUT2D eigenvalue weighted by molar-refractivity contribution is 6.30. The summed E-state index contributed by atoms with van der Waals surface area (Å²) >= 11 is 6.07. The van der Waals surface area contributed by atoms with Crippen LogP contribution in [0.3, 0.4) is 0 Å². The van der Waals surface area contributed by atoms with Crippen LogP contribution in [0.1, 0.15) is 11.3 Å². The van der Waals surface area contributed by atoms with Crippen molar-refractivity contribution in [2.45, 2.75) is 13.5 Å². The van der Waals surface area contributed by atoms with Crippen molar-refractivity contribution in [3.05, 3.63) is 95.7 Å². The first-order valence-corrected chi connectivity index (χ1v) is 8.58. The second kappa shape index (κ2) is 6.61. The monoisotopic (exact) mass is 347 g/mol. The van der Waals surface area contributed by atoms with Crippen molar-refractivity contribution < 1.29 is 0 Å². The summed E-state index contributed by atoms with van der Waals surface area (Å²) in [4.78, 5) is 4.14. The van der Waals surface area contributed by atoms with Gasteiger partial charge in [-0.15, -0.1) is 0 Å². The highest BCUT2D eigenvalue weighted by Crippen LogP contribution is 2.30. The van der Waals surface area contributed by atoms with Crippen molar-refractivity contribution >= 4 is 11.6 Å². The smallest absolute Gasteiger partial charge is 0.0949 e. The summed E-state index contributed by atoms with van der Waals surface area (Å²) in [6, 6.07) is 20.7. The summed E-state index contributed by atoms with van der Waals surface area (Å²) in [5.74, 6) is 0. The van der Waals surface area contributed by atoms with Gasteiger partial charge in [0.15, 0.2) is 0 Å². The summed E-state index contributed by atoms with van der Waals surface area (Å²) in [7, 11) is 0.